The van der Waals surface area contributed by atoms with Gasteiger partial charge in [0.05, 0.1) is 58.9 Å². The Kier molecular flexibility index (Phi) is 41.9. The van der Waals surface area contributed by atoms with Gasteiger partial charge in [-0.1, -0.05) is 156 Å². The summed E-state index contributed by atoms with van der Waals surface area (Å²) in [4.78, 5) is 90.2. The van der Waals surface area contributed by atoms with Gasteiger partial charge in [0.15, 0.2) is 0 Å². The summed E-state index contributed by atoms with van der Waals surface area (Å²) in [5.74, 6) is -5.61. The van der Waals surface area contributed by atoms with Gasteiger partial charge in [0, 0.05) is 43.4 Å². The molecule has 0 aromatic heterocycles. The second-order valence-corrected chi connectivity index (χ2v) is 20.0. The quantitative estimate of drug-likeness (QED) is 0.0319. The van der Waals surface area contributed by atoms with Gasteiger partial charge in [-0.05, 0) is 46.5 Å². The van der Waals surface area contributed by atoms with Crippen molar-refractivity contribution < 1.29 is 66.7 Å². The molecule has 0 atom stereocenters. The van der Waals surface area contributed by atoms with E-state index in [0.29, 0.717) is 25.7 Å². The fraction of sp³-hybridized carbons (Fsp3) is 0.873. The molecule has 0 saturated heterocycles. The van der Waals surface area contributed by atoms with Crippen LogP contribution in [0.25, 0.3) is 0 Å². The molecular weight excluding hydrogens is 885 g/mol. The highest BCUT2D eigenvalue weighted by atomic mass is 16.6. The lowest BCUT2D eigenvalue weighted by Crippen LogP contribution is -2.30. The third kappa shape index (κ3) is 44.0. The second-order valence-electron chi connectivity index (χ2n) is 20.0. The smallest absolute Gasteiger partial charge is 0.306 e. The minimum absolute atomic E-state index is 0.142. The van der Waals surface area contributed by atoms with Crippen LogP contribution in [0.5, 0.6) is 0 Å². The summed E-state index contributed by atoms with van der Waals surface area (Å²) in [7, 11) is 0. The minimum atomic E-state index is -0.798. The molecule has 0 N–H and O–H groups in total. The van der Waals surface area contributed by atoms with Crippen LogP contribution in [0.2, 0.25) is 0 Å². The van der Waals surface area contributed by atoms with Gasteiger partial charge in [0.2, 0.25) is 0 Å². The van der Waals surface area contributed by atoms with E-state index in [9.17, 15) is 33.6 Å². The van der Waals surface area contributed by atoms with Crippen LogP contribution in [0.15, 0.2) is 0 Å². The van der Waals surface area contributed by atoms with E-state index in [1.54, 1.807) is 20.8 Å². The first-order valence-corrected chi connectivity index (χ1v) is 27.3. The highest BCUT2D eigenvalue weighted by molar-refractivity contribution is 5.73. The number of rotatable bonds is 46. The third-order valence-corrected chi connectivity index (χ3v) is 11.6. The molecule has 14 heteroatoms. The number of esters is 7. The fourth-order valence-electron chi connectivity index (χ4n) is 7.46. The molecule has 0 bridgehead atoms. The van der Waals surface area contributed by atoms with Gasteiger partial charge >= 0.3 is 41.8 Å². The number of hydrogen-bond acceptors (Lipinski definition) is 14. The van der Waals surface area contributed by atoms with Crippen LogP contribution >= 0.6 is 0 Å². The Morgan fingerprint density at radius 2 is 0.493 bits per heavy atom. The molecule has 0 fully saturated rings. The van der Waals surface area contributed by atoms with Crippen LogP contribution in [0, 0.1) is 17.8 Å². The monoisotopic (exact) mass is 983 g/mol. The molecule has 0 heterocycles. The number of carbonyl (C=O) groups excluding carboxylic acids is 7. The van der Waals surface area contributed by atoms with E-state index in [4.69, 9.17) is 33.2 Å². The number of unbranched alkanes of at least 4 members (excludes halogenated alkanes) is 20. The van der Waals surface area contributed by atoms with Crippen LogP contribution in [0.3, 0.4) is 0 Å². The molecule has 0 aromatic carbocycles. The molecule has 0 spiro atoms. The topological polar surface area (TPSA) is 184 Å². The van der Waals surface area contributed by atoms with Crippen LogP contribution in [-0.2, 0) is 66.7 Å². The number of ether oxygens (including phenoxy) is 7. The largest absolute Gasteiger partial charge is 0.465 e. The Balaban J connectivity index is 5.70. The first-order chi connectivity index (χ1) is 33.1. The van der Waals surface area contributed by atoms with Gasteiger partial charge in [-0.3, -0.25) is 33.6 Å². The molecule has 0 rings (SSSR count). The lowest BCUT2D eigenvalue weighted by molar-refractivity contribution is -0.162. The lowest BCUT2D eigenvalue weighted by Gasteiger charge is -2.23. The van der Waals surface area contributed by atoms with Gasteiger partial charge in [-0.15, -0.1) is 0 Å². The van der Waals surface area contributed by atoms with E-state index < -0.39 is 41.3 Å². The Morgan fingerprint density at radius 3 is 0.725 bits per heavy atom. The SMILES string of the molecule is CCCCCCCCC(=O)OCC(COC(=O)CCCCCCCC)CC(=O)OCC(COC(=O)CC(COC(=O)CCCCCCCC)COC(=O)CCCCCCCC)CC(=O)OC(C)(C)C. The molecular formula is C55H98O14. The highest BCUT2D eigenvalue weighted by Gasteiger charge is 2.26. The van der Waals surface area contributed by atoms with E-state index in [1.807, 2.05) is 0 Å². The molecule has 0 aromatic rings. The van der Waals surface area contributed by atoms with Gasteiger partial charge in [-0.2, -0.15) is 0 Å². The fourth-order valence-corrected chi connectivity index (χ4v) is 7.46. The highest BCUT2D eigenvalue weighted by Crippen LogP contribution is 2.18. The maximum Gasteiger partial charge on any atom is 0.306 e. The Morgan fingerprint density at radius 1 is 0.290 bits per heavy atom. The third-order valence-electron chi connectivity index (χ3n) is 11.6. The van der Waals surface area contributed by atoms with E-state index in [-0.39, 0.29) is 108 Å². The van der Waals surface area contributed by atoms with Crippen molar-refractivity contribution in [3.8, 4) is 0 Å². The zero-order chi connectivity index (χ0) is 51.4. The zero-order valence-corrected chi connectivity index (χ0v) is 44.6. The van der Waals surface area contributed by atoms with E-state index in [2.05, 4.69) is 27.7 Å². The summed E-state index contributed by atoms with van der Waals surface area (Å²) >= 11 is 0. The van der Waals surface area contributed by atoms with Crippen LogP contribution in [0.1, 0.15) is 248 Å². The van der Waals surface area contributed by atoms with E-state index in [1.165, 1.54) is 0 Å². The normalized spacial score (nSPS) is 11.4. The predicted octanol–water partition coefficient (Wildman–Crippen LogP) is 12.6. The lowest BCUT2D eigenvalue weighted by atomic mass is 10.1. The zero-order valence-electron chi connectivity index (χ0n) is 44.6. The van der Waals surface area contributed by atoms with Gasteiger partial charge in [0.25, 0.3) is 0 Å². The average Bonchev–Trinajstić information content (AvgIpc) is 3.30. The van der Waals surface area contributed by atoms with Crippen molar-refractivity contribution in [2.75, 3.05) is 39.6 Å². The summed E-state index contributed by atoms with van der Waals surface area (Å²) in [5.41, 5.74) is -0.798. The molecule has 0 saturated carbocycles. The van der Waals surface area contributed by atoms with Crippen molar-refractivity contribution in [1.29, 1.82) is 0 Å². The number of carbonyl (C=O) groups is 7. The maximum absolute atomic E-state index is 13.3. The molecule has 402 valence electrons. The van der Waals surface area contributed by atoms with Crippen LogP contribution < -0.4 is 0 Å². The van der Waals surface area contributed by atoms with Crippen molar-refractivity contribution >= 4 is 41.8 Å². The van der Waals surface area contributed by atoms with Crippen LogP contribution in [-0.4, -0.2) is 87.0 Å². The van der Waals surface area contributed by atoms with Gasteiger partial charge in [0.1, 0.15) is 5.60 Å². The Hall–Kier alpha value is -3.71. The Labute approximate surface area is 417 Å². The molecule has 0 aliphatic rings. The standard InChI is InChI=1S/C55H98O14/c1-8-12-16-20-24-28-32-48(56)63-39-45(40-64-49(57)33-29-25-21-17-13-9-2)36-52(60)67-43-47(38-54(62)69-55(5,6)7)44-68-53(61)37-46(41-65-50(58)34-30-26-22-18-14-10-3)42-66-51(59)35-31-27-23-19-15-11-4/h45-47H,8-44H2,1-7H3. The van der Waals surface area contributed by atoms with E-state index in [0.717, 1.165) is 128 Å². The average molecular weight is 983 g/mol. The summed E-state index contributed by atoms with van der Waals surface area (Å²) in [6, 6.07) is 0. The van der Waals surface area contributed by atoms with Crippen molar-refractivity contribution in [1.82, 2.24) is 0 Å². The van der Waals surface area contributed by atoms with Crippen molar-refractivity contribution in [3.63, 3.8) is 0 Å². The molecule has 0 aliphatic heterocycles. The molecule has 69 heavy (non-hydrogen) atoms. The molecule has 0 aliphatic carbocycles. The predicted molar refractivity (Wildman–Crippen MR) is 268 cm³/mol. The molecule has 0 radical (unpaired) electrons. The summed E-state index contributed by atoms with van der Waals surface area (Å²) in [6.45, 7) is 12.6. The summed E-state index contributed by atoms with van der Waals surface area (Å²) in [5, 5.41) is 0. The molecule has 14 nitrogen and oxygen atoms in total. The van der Waals surface area contributed by atoms with Crippen molar-refractivity contribution in [2.45, 2.75) is 253 Å². The maximum atomic E-state index is 13.3. The summed E-state index contributed by atoms with van der Waals surface area (Å²) in [6.07, 6.45) is 24.6. The number of hydrogen-bond donors (Lipinski definition) is 0. The summed E-state index contributed by atoms with van der Waals surface area (Å²) < 4.78 is 38.9. The minimum Gasteiger partial charge on any atom is -0.465 e. The first kappa shape index (κ1) is 65.3. The molecule has 0 amide bonds. The van der Waals surface area contributed by atoms with Crippen molar-refractivity contribution in [2.24, 2.45) is 17.8 Å². The van der Waals surface area contributed by atoms with Crippen molar-refractivity contribution in [3.05, 3.63) is 0 Å². The van der Waals surface area contributed by atoms with Gasteiger partial charge < -0.3 is 33.2 Å². The van der Waals surface area contributed by atoms with E-state index >= 15 is 0 Å². The molecule has 0 unspecified atom stereocenters. The van der Waals surface area contributed by atoms with Crippen LogP contribution in [0.4, 0.5) is 0 Å². The van der Waals surface area contributed by atoms with Gasteiger partial charge in [-0.25, -0.2) is 0 Å². The Bertz CT molecular complexity index is 1210. The second kappa shape index (κ2) is 44.2. The first-order valence-electron chi connectivity index (χ1n) is 27.3.